The van der Waals surface area contributed by atoms with Crippen molar-refractivity contribution in [3.63, 3.8) is 0 Å². The van der Waals surface area contributed by atoms with Crippen LogP contribution in [-0.4, -0.2) is 20.4 Å². The zero-order valence-corrected chi connectivity index (χ0v) is 13.8. The normalized spacial score (nSPS) is 11.0. The van der Waals surface area contributed by atoms with E-state index in [0.717, 1.165) is 12.0 Å². The quantitative estimate of drug-likeness (QED) is 0.537. The molecule has 0 aliphatic heterocycles. The molecule has 0 saturated carbocycles. The lowest BCUT2D eigenvalue weighted by molar-refractivity contribution is 0.440. The van der Waals surface area contributed by atoms with Gasteiger partial charge in [-0.25, -0.2) is 0 Å². The highest BCUT2D eigenvalue weighted by atomic mass is 16.3. The van der Waals surface area contributed by atoms with Gasteiger partial charge in [-0.15, -0.1) is 0 Å². The maximum Gasteiger partial charge on any atom is 0.123 e. The van der Waals surface area contributed by atoms with Crippen molar-refractivity contribution in [2.24, 2.45) is 0 Å². The number of benzene rings is 3. The van der Waals surface area contributed by atoms with Crippen LogP contribution in [0.25, 0.3) is 0 Å². The van der Waals surface area contributed by atoms with Crippen molar-refractivity contribution in [3.8, 4) is 23.0 Å². The second-order valence-electron chi connectivity index (χ2n) is 6.01. The van der Waals surface area contributed by atoms with Crippen molar-refractivity contribution in [1.29, 1.82) is 0 Å². The molecule has 4 N–H and O–H groups in total. The second kappa shape index (κ2) is 6.77. The molecule has 4 heteroatoms. The average molecular weight is 336 g/mol. The van der Waals surface area contributed by atoms with Gasteiger partial charge >= 0.3 is 0 Å². The van der Waals surface area contributed by atoms with Crippen molar-refractivity contribution < 1.29 is 20.4 Å². The SMILES string of the molecule is CCc1ccc(C(c2ccc(O)cc2O)c2ccc(O)cc2O)cc1. The lowest BCUT2D eigenvalue weighted by Gasteiger charge is -2.21. The van der Waals surface area contributed by atoms with Gasteiger partial charge in [0.05, 0.1) is 0 Å². The fourth-order valence-electron chi connectivity index (χ4n) is 3.02. The lowest BCUT2D eigenvalue weighted by atomic mass is 9.83. The Morgan fingerprint density at radius 3 is 1.56 bits per heavy atom. The lowest BCUT2D eigenvalue weighted by Crippen LogP contribution is -2.04. The van der Waals surface area contributed by atoms with E-state index in [-0.39, 0.29) is 23.0 Å². The summed E-state index contributed by atoms with van der Waals surface area (Å²) in [7, 11) is 0. The Morgan fingerprint density at radius 1 is 0.680 bits per heavy atom. The average Bonchev–Trinajstić information content (AvgIpc) is 2.59. The van der Waals surface area contributed by atoms with Gasteiger partial charge in [-0.2, -0.15) is 0 Å². The Bertz CT molecular complexity index is 833. The molecule has 0 spiro atoms. The van der Waals surface area contributed by atoms with E-state index < -0.39 is 5.92 Å². The molecule has 0 fully saturated rings. The summed E-state index contributed by atoms with van der Waals surface area (Å²) in [5.41, 5.74) is 3.19. The van der Waals surface area contributed by atoms with Gasteiger partial charge in [-0.1, -0.05) is 43.3 Å². The molecule has 3 aromatic rings. The summed E-state index contributed by atoms with van der Waals surface area (Å²) in [6, 6.07) is 16.8. The number of phenolic OH excluding ortho intramolecular Hbond substituents is 4. The fraction of sp³-hybridized carbons (Fsp3) is 0.143. The number of aryl methyl sites for hydroxylation is 1. The van der Waals surface area contributed by atoms with E-state index in [0.29, 0.717) is 11.1 Å². The molecule has 0 aromatic heterocycles. The first-order valence-electron chi connectivity index (χ1n) is 8.12. The standard InChI is InChI=1S/C21H20O4/c1-2-13-3-5-14(6-4-13)21(17-9-7-15(22)11-19(17)24)18-10-8-16(23)12-20(18)25/h3-12,21-25H,2H2,1H3. The summed E-state index contributed by atoms with van der Waals surface area (Å²) >= 11 is 0. The van der Waals surface area contributed by atoms with Crippen molar-refractivity contribution >= 4 is 0 Å². The van der Waals surface area contributed by atoms with Crippen molar-refractivity contribution in [2.45, 2.75) is 19.3 Å². The minimum atomic E-state index is -0.438. The van der Waals surface area contributed by atoms with E-state index in [1.165, 1.54) is 29.8 Å². The third-order valence-corrected chi connectivity index (χ3v) is 4.37. The van der Waals surface area contributed by atoms with E-state index in [1.807, 2.05) is 24.3 Å². The predicted molar refractivity (Wildman–Crippen MR) is 96.3 cm³/mol. The van der Waals surface area contributed by atoms with Gasteiger partial charge in [0.1, 0.15) is 23.0 Å². The van der Waals surface area contributed by atoms with Crippen LogP contribution in [0.4, 0.5) is 0 Å². The van der Waals surface area contributed by atoms with E-state index in [1.54, 1.807) is 12.1 Å². The van der Waals surface area contributed by atoms with E-state index in [9.17, 15) is 20.4 Å². The molecule has 4 nitrogen and oxygen atoms in total. The molecule has 3 aromatic carbocycles. The topological polar surface area (TPSA) is 80.9 Å². The Hall–Kier alpha value is -3.14. The molecule has 0 atom stereocenters. The zero-order valence-electron chi connectivity index (χ0n) is 13.8. The van der Waals surface area contributed by atoms with Crippen LogP contribution in [0.15, 0.2) is 60.7 Å². The number of hydrogen-bond acceptors (Lipinski definition) is 4. The van der Waals surface area contributed by atoms with Crippen LogP contribution in [0.2, 0.25) is 0 Å². The van der Waals surface area contributed by atoms with Crippen LogP contribution in [0.5, 0.6) is 23.0 Å². The highest BCUT2D eigenvalue weighted by molar-refractivity contribution is 5.55. The Labute approximate surface area is 146 Å². The molecule has 0 heterocycles. The van der Waals surface area contributed by atoms with Crippen LogP contribution in [0, 0.1) is 0 Å². The summed E-state index contributed by atoms with van der Waals surface area (Å²) in [4.78, 5) is 0. The van der Waals surface area contributed by atoms with Crippen LogP contribution in [-0.2, 0) is 6.42 Å². The first-order valence-corrected chi connectivity index (χ1v) is 8.12. The molecule has 25 heavy (non-hydrogen) atoms. The van der Waals surface area contributed by atoms with Gasteiger partial charge in [-0.3, -0.25) is 0 Å². The minimum Gasteiger partial charge on any atom is -0.508 e. The molecule has 0 bridgehead atoms. The summed E-state index contributed by atoms with van der Waals surface area (Å²) in [5, 5.41) is 39.8. The number of phenols is 4. The molecule has 0 radical (unpaired) electrons. The summed E-state index contributed by atoms with van der Waals surface area (Å²) in [6.07, 6.45) is 0.917. The first-order chi connectivity index (χ1) is 12.0. The fourth-order valence-corrected chi connectivity index (χ4v) is 3.02. The summed E-state index contributed by atoms with van der Waals surface area (Å²) < 4.78 is 0. The number of rotatable bonds is 4. The van der Waals surface area contributed by atoms with Crippen LogP contribution < -0.4 is 0 Å². The highest BCUT2D eigenvalue weighted by Gasteiger charge is 2.23. The molecule has 0 unspecified atom stereocenters. The van der Waals surface area contributed by atoms with Gasteiger partial charge in [-0.05, 0) is 29.7 Å². The van der Waals surface area contributed by atoms with Gasteiger partial charge in [0.2, 0.25) is 0 Å². The zero-order chi connectivity index (χ0) is 18.0. The Kier molecular flexibility index (Phi) is 4.52. The monoisotopic (exact) mass is 336 g/mol. The molecule has 0 aliphatic carbocycles. The maximum atomic E-state index is 10.3. The van der Waals surface area contributed by atoms with E-state index in [4.69, 9.17) is 0 Å². The molecular weight excluding hydrogens is 316 g/mol. The molecule has 0 amide bonds. The van der Waals surface area contributed by atoms with Gasteiger partial charge in [0, 0.05) is 29.2 Å². The van der Waals surface area contributed by atoms with Crippen LogP contribution in [0.1, 0.15) is 35.1 Å². The van der Waals surface area contributed by atoms with E-state index >= 15 is 0 Å². The smallest absolute Gasteiger partial charge is 0.123 e. The maximum absolute atomic E-state index is 10.3. The van der Waals surface area contributed by atoms with Crippen molar-refractivity contribution in [3.05, 3.63) is 82.9 Å². The third-order valence-electron chi connectivity index (χ3n) is 4.37. The van der Waals surface area contributed by atoms with Gasteiger partial charge < -0.3 is 20.4 Å². The summed E-state index contributed by atoms with van der Waals surface area (Å²) in [6.45, 7) is 2.07. The molecular formula is C21H20O4. The van der Waals surface area contributed by atoms with Crippen LogP contribution in [0.3, 0.4) is 0 Å². The first kappa shape index (κ1) is 16.7. The highest BCUT2D eigenvalue weighted by Crippen LogP contribution is 2.42. The summed E-state index contributed by atoms with van der Waals surface area (Å²) in [5.74, 6) is -0.617. The molecule has 0 aliphatic rings. The number of hydrogen-bond donors (Lipinski definition) is 4. The Morgan fingerprint density at radius 2 is 1.16 bits per heavy atom. The molecule has 128 valence electrons. The van der Waals surface area contributed by atoms with Gasteiger partial charge in [0.15, 0.2) is 0 Å². The predicted octanol–water partition coefficient (Wildman–Crippen LogP) is 4.25. The van der Waals surface area contributed by atoms with E-state index in [2.05, 4.69) is 6.92 Å². The van der Waals surface area contributed by atoms with Crippen molar-refractivity contribution in [2.75, 3.05) is 0 Å². The molecule has 0 saturated heterocycles. The minimum absolute atomic E-state index is 0.0312. The van der Waals surface area contributed by atoms with Crippen LogP contribution >= 0.6 is 0 Å². The number of aromatic hydroxyl groups is 4. The Balaban J connectivity index is 2.19. The largest absolute Gasteiger partial charge is 0.508 e. The van der Waals surface area contributed by atoms with Gasteiger partial charge in [0.25, 0.3) is 0 Å². The van der Waals surface area contributed by atoms with Crippen molar-refractivity contribution in [1.82, 2.24) is 0 Å². The molecule has 3 rings (SSSR count). The second-order valence-corrected chi connectivity index (χ2v) is 6.01. The third kappa shape index (κ3) is 3.38.